The van der Waals surface area contributed by atoms with E-state index in [0.29, 0.717) is 35.6 Å². The lowest BCUT2D eigenvalue weighted by Gasteiger charge is -2.17. The predicted molar refractivity (Wildman–Crippen MR) is 123 cm³/mol. The van der Waals surface area contributed by atoms with Crippen LogP contribution in [0.15, 0.2) is 28.7 Å². The third-order valence-electron chi connectivity index (χ3n) is 4.59. The van der Waals surface area contributed by atoms with Crippen molar-refractivity contribution in [1.82, 2.24) is 14.8 Å². The van der Waals surface area contributed by atoms with E-state index in [9.17, 15) is 0 Å². The second-order valence-corrected chi connectivity index (χ2v) is 14.7. The highest BCUT2D eigenvalue weighted by molar-refractivity contribution is 9.10. The quantitative estimate of drug-likeness (QED) is 0.288. The Hall–Kier alpha value is -1.61. The largest absolute Gasteiger partial charge is 0.493 e. The van der Waals surface area contributed by atoms with Crippen molar-refractivity contribution in [3.63, 3.8) is 0 Å². The molecule has 0 saturated heterocycles. The molecule has 0 aliphatic rings. The lowest BCUT2D eigenvalue weighted by atomic mass is 10.1. The molecule has 0 aliphatic carbocycles. The van der Waals surface area contributed by atoms with Crippen molar-refractivity contribution < 1.29 is 14.2 Å². The summed E-state index contributed by atoms with van der Waals surface area (Å²) in [4.78, 5) is 0. The number of rotatable bonds is 8. The first-order valence-corrected chi connectivity index (χ1v) is 14.1. The molecule has 6 nitrogen and oxygen atoms in total. The second kappa shape index (κ2) is 9.03. The van der Waals surface area contributed by atoms with Gasteiger partial charge < -0.3 is 14.2 Å². The van der Waals surface area contributed by atoms with Crippen LogP contribution in [-0.2, 0) is 11.5 Å². The Morgan fingerprint density at radius 2 is 1.79 bits per heavy atom. The van der Waals surface area contributed by atoms with Crippen LogP contribution < -0.4 is 9.47 Å². The molecule has 0 amide bonds. The third kappa shape index (κ3) is 4.94. The molecule has 0 fully saturated rings. The topological polar surface area (TPSA) is 58.4 Å². The van der Waals surface area contributed by atoms with Crippen LogP contribution in [0.5, 0.6) is 11.5 Å². The van der Waals surface area contributed by atoms with Crippen LogP contribution in [-0.4, -0.2) is 43.7 Å². The van der Waals surface area contributed by atoms with Crippen LogP contribution in [0.4, 0.5) is 0 Å². The molecule has 156 valence electrons. The average Bonchev–Trinajstić information content (AvgIpc) is 2.95. The molecule has 3 rings (SSSR count). The van der Waals surface area contributed by atoms with Gasteiger partial charge in [-0.15, -0.1) is 10.2 Å². The van der Waals surface area contributed by atoms with Gasteiger partial charge in [-0.2, -0.15) is 0 Å². The summed E-state index contributed by atoms with van der Waals surface area (Å²) in [5.41, 5.74) is 2.57. The van der Waals surface area contributed by atoms with Crippen LogP contribution in [0.3, 0.4) is 0 Å². The van der Waals surface area contributed by atoms with Crippen molar-refractivity contribution in [1.29, 1.82) is 0 Å². The number of fused-ring (bicyclic) bond motifs is 1. The van der Waals surface area contributed by atoms with E-state index in [1.54, 1.807) is 20.3 Å². The minimum absolute atomic E-state index is 0.342. The first-order valence-electron chi connectivity index (χ1n) is 9.26. The Balaban J connectivity index is 2.06. The van der Waals surface area contributed by atoms with Crippen LogP contribution >= 0.6 is 27.5 Å². The maximum Gasteiger partial charge on any atom is 0.166 e. The zero-order valence-electron chi connectivity index (χ0n) is 17.3. The van der Waals surface area contributed by atoms with Crippen molar-refractivity contribution in [2.75, 3.05) is 20.8 Å². The number of hydrogen-bond donors (Lipinski definition) is 0. The molecule has 0 unspecified atom stereocenters. The summed E-state index contributed by atoms with van der Waals surface area (Å²) in [6.45, 7) is 8.08. The first-order chi connectivity index (χ1) is 13.7. The van der Waals surface area contributed by atoms with Crippen molar-refractivity contribution in [2.24, 2.45) is 0 Å². The van der Waals surface area contributed by atoms with Crippen LogP contribution in [0.2, 0.25) is 30.8 Å². The fourth-order valence-corrected chi connectivity index (χ4v) is 4.64. The van der Waals surface area contributed by atoms with Crippen LogP contribution in [0.1, 0.15) is 0 Å². The van der Waals surface area contributed by atoms with Gasteiger partial charge in [0.15, 0.2) is 22.3 Å². The van der Waals surface area contributed by atoms with Gasteiger partial charge in [-0.3, -0.25) is 4.57 Å². The van der Waals surface area contributed by atoms with Gasteiger partial charge in [0.1, 0.15) is 6.73 Å². The molecule has 3 aromatic rings. The summed E-state index contributed by atoms with van der Waals surface area (Å²) in [6, 6.07) is 8.69. The molecule has 0 atom stereocenters. The number of benzene rings is 1. The van der Waals surface area contributed by atoms with E-state index >= 15 is 0 Å². The monoisotopic (exact) mass is 497 g/mol. The normalized spacial score (nSPS) is 11.8. The number of nitrogens with zero attached hydrogens (tertiary/aromatic N) is 3. The Morgan fingerprint density at radius 1 is 1.07 bits per heavy atom. The van der Waals surface area contributed by atoms with Gasteiger partial charge in [-0.1, -0.05) is 31.2 Å². The van der Waals surface area contributed by atoms with Crippen molar-refractivity contribution in [2.45, 2.75) is 32.4 Å². The molecule has 0 saturated carbocycles. The smallest absolute Gasteiger partial charge is 0.166 e. The molecule has 1 aromatic carbocycles. The van der Waals surface area contributed by atoms with E-state index in [1.807, 2.05) is 22.8 Å². The fourth-order valence-electron chi connectivity index (χ4n) is 3.00. The lowest BCUT2D eigenvalue weighted by Crippen LogP contribution is -2.22. The summed E-state index contributed by atoms with van der Waals surface area (Å²) < 4.78 is 19.8. The molecule has 9 heteroatoms. The van der Waals surface area contributed by atoms with E-state index < -0.39 is 8.07 Å². The maximum atomic E-state index is 6.10. The maximum absolute atomic E-state index is 6.10. The second-order valence-electron chi connectivity index (χ2n) is 7.91. The van der Waals surface area contributed by atoms with Crippen LogP contribution in [0, 0.1) is 0 Å². The van der Waals surface area contributed by atoms with Gasteiger partial charge in [0.05, 0.1) is 24.4 Å². The molecule has 29 heavy (non-hydrogen) atoms. The number of hydrogen-bond acceptors (Lipinski definition) is 5. The highest BCUT2D eigenvalue weighted by Gasteiger charge is 2.21. The molecule has 0 radical (unpaired) electrons. The molecule has 0 spiro atoms. The highest BCUT2D eigenvalue weighted by atomic mass is 79.9. The predicted octanol–water partition coefficient (Wildman–Crippen LogP) is 5.84. The summed E-state index contributed by atoms with van der Waals surface area (Å²) >= 11 is 9.82. The highest BCUT2D eigenvalue weighted by Crippen LogP contribution is 2.40. The van der Waals surface area contributed by atoms with Crippen molar-refractivity contribution in [3.05, 3.63) is 33.9 Å². The molecular formula is C20H25BrClN3O3Si. The number of ether oxygens (including phenoxy) is 3. The molecule has 0 N–H and O–H groups in total. The molecule has 0 bridgehead atoms. The Morgan fingerprint density at radius 3 is 2.45 bits per heavy atom. The fraction of sp³-hybridized carbons (Fsp3) is 0.400. The minimum atomic E-state index is -1.17. The molecule has 2 heterocycles. The molecular weight excluding hydrogens is 474 g/mol. The summed E-state index contributed by atoms with van der Waals surface area (Å²) in [5, 5.41) is 9.56. The van der Waals surface area contributed by atoms with Gasteiger partial charge in [-0.05, 0) is 46.2 Å². The standard InChI is InChI=1S/C20H25BrClN3O3Si/c1-26-15-7-6-13(10-16(15)27-2)19-18(21)14-11-17(22)23-24-20(14)25(19)12-28-8-9-29(3,4)5/h6-7,10-11H,8-9,12H2,1-5H3. The zero-order valence-corrected chi connectivity index (χ0v) is 20.6. The summed E-state index contributed by atoms with van der Waals surface area (Å²) in [7, 11) is 2.07. The summed E-state index contributed by atoms with van der Waals surface area (Å²) in [6.07, 6.45) is 0. The van der Waals surface area contributed by atoms with E-state index in [0.717, 1.165) is 27.2 Å². The number of aromatic nitrogens is 3. The summed E-state index contributed by atoms with van der Waals surface area (Å²) in [5.74, 6) is 1.32. The van der Waals surface area contributed by atoms with Gasteiger partial charge in [0.2, 0.25) is 0 Å². The van der Waals surface area contributed by atoms with Gasteiger partial charge in [0, 0.05) is 25.6 Å². The van der Waals surface area contributed by atoms with Crippen molar-refractivity contribution >= 4 is 46.6 Å². The van der Waals surface area contributed by atoms with E-state index in [4.69, 9.17) is 25.8 Å². The lowest BCUT2D eigenvalue weighted by molar-refractivity contribution is 0.0908. The van der Waals surface area contributed by atoms with Gasteiger partial charge in [0.25, 0.3) is 0 Å². The average molecular weight is 499 g/mol. The molecule has 0 aliphatic heterocycles. The van der Waals surface area contributed by atoms with Crippen molar-refractivity contribution in [3.8, 4) is 22.8 Å². The van der Waals surface area contributed by atoms with E-state index in [1.165, 1.54) is 0 Å². The number of methoxy groups -OCH3 is 2. The first kappa shape index (κ1) is 22.1. The Kier molecular flexibility index (Phi) is 6.88. The van der Waals surface area contributed by atoms with Gasteiger partial charge >= 0.3 is 0 Å². The minimum Gasteiger partial charge on any atom is -0.493 e. The number of halogens is 2. The molecule has 2 aromatic heterocycles. The Labute approximate surface area is 185 Å². The van der Waals surface area contributed by atoms with E-state index in [2.05, 4.69) is 45.8 Å². The van der Waals surface area contributed by atoms with Gasteiger partial charge in [-0.25, -0.2) is 0 Å². The third-order valence-corrected chi connectivity index (χ3v) is 7.28. The van der Waals surface area contributed by atoms with Crippen LogP contribution in [0.25, 0.3) is 22.3 Å². The zero-order chi connectivity index (χ0) is 21.2. The SMILES string of the molecule is COc1ccc(-c2c(Br)c3cc(Cl)nnc3n2COCC[Si](C)(C)C)cc1OC. The Bertz CT molecular complexity index is 1020. The van der Waals surface area contributed by atoms with E-state index in [-0.39, 0.29) is 0 Å².